The van der Waals surface area contributed by atoms with E-state index < -0.39 is 0 Å². The highest BCUT2D eigenvalue weighted by atomic mass is 32.1. The monoisotopic (exact) mass is 745 g/mol. The van der Waals surface area contributed by atoms with E-state index in [0.29, 0.717) is 17.5 Å². The molecule has 266 valence electrons. The molecule has 0 bridgehead atoms. The molecule has 0 saturated heterocycles. The SMILES string of the molecule is c1ccc(-c2nc(-c3ccccc3)nc(-c3ccc(-n4c5ccccc5c5c4ccc4c6ccccc6n(-c6ccccc6)c45)c4sc5ccccc5c34)n2)cc1. The van der Waals surface area contributed by atoms with Crippen LogP contribution in [0.3, 0.4) is 0 Å². The maximum Gasteiger partial charge on any atom is 0.164 e. The first-order chi connectivity index (χ1) is 28.3. The van der Waals surface area contributed by atoms with E-state index in [1.54, 1.807) is 0 Å². The Bertz CT molecular complexity index is 3450. The van der Waals surface area contributed by atoms with Crippen LogP contribution < -0.4 is 0 Å². The number of hydrogen-bond acceptors (Lipinski definition) is 4. The van der Waals surface area contributed by atoms with E-state index >= 15 is 0 Å². The molecule has 0 N–H and O–H groups in total. The van der Waals surface area contributed by atoms with Crippen LogP contribution in [0.5, 0.6) is 0 Å². The molecule has 6 heteroatoms. The van der Waals surface area contributed by atoms with Crippen molar-refractivity contribution in [2.75, 3.05) is 0 Å². The largest absolute Gasteiger partial charge is 0.309 e. The maximum absolute atomic E-state index is 5.19. The van der Waals surface area contributed by atoms with Crippen molar-refractivity contribution in [1.82, 2.24) is 24.1 Å². The molecule has 0 aliphatic rings. The van der Waals surface area contributed by atoms with E-state index in [1.165, 1.54) is 47.4 Å². The molecule has 0 aliphatic heterocycles. The lowest BCUT2D eigenvalue weighted by atomic mass is 10.0. The zero-order chi connectivity index (χ0) is 37.5. The maximum atomic E-state index is 5.19. The van der Waals surface area contributed by atoms with Gasteiger partial charge in [-0.2, -0.15) is 0 Å². The van der Waals surface area contributed by atoms with Crippen LogP contribution in [0.4, 0.5) is 0 Å². The molecule has 0 radical (unpaired) electrons. The summed E-state index contributed by atoms with van der Waals surface area (Å²) in [6, 6.07) is 66.5. The normalized spacial score (nSPS) is 11.9. The van der Waals surface area contributed by atoms with Crippen molar-refractivity contribution in [3.8, 4) is 45.5 Å². The summed E-state index contributed by atoms with van der Waals surface area (Å²) in [6.07, 6.45) is 0. The summed E-state index contributed by atoms with van der Waals surface area (Å²) in [5.74, 6) is 1.95. The van der Waals surface area contributed by atoms with Crippen molar-refractivity contribution < 1.29 is 0 Å². The highest BCUT2D eigenvalue weighted by molar-refractivity contribution is 7.26. The molecule has 0 unspecified atom stereocenters. The van der Waals surface area contributed by atoms with Gasteiger partial charge in [-0.05, 0) is 48.5 Å². The van der Waals surface area contributed by atoms with Crippen molar-refractivity contribution in [3.63, 3.8) is 0 Å². The van der Waals surface area contributed by atoms with Gasteiger partial charge in [-0.25, -0.2) is 15.0 Å². The Kier molecular flexibility index (Phi) is 7.03. The van der Waals surface area contributed by atoms with Gasteiger partial charge in [-0.3, -0.25) is 0 Å². The number of fused-ring (bicyclic) bond motifs is 10. The van der Waals surface area contributed by atoms with Crippen molar-refractivity contribution in [3.05, 3.63) is 188 Å². The number of aromatic nitrogens is 5. The van der Waals surface area contributed by atoms with E-state index in [1.807, 2.05) is 47.7 Å². The molecule has 5 nitrogen and oxygen atoms in total. The molecule has 0 saturated carbocycles. The molecular formula is C51H31N5S. The van der Waals surface area contributed by atoms with E-state index in [-0.39, 0.29) is 0 Å². The zero-order valence-corrected chi connectivity index (χ0v) is 31.4. The molecule has 0 spiro atoms. The van der Waals surface area contributed by atoms with Crippen molar-refractivity contribution in [1.29, 1.82) is 0 Å². The predicted molar refractivity (Wildman–Crippen MR) is 238 cm³/mol. The third-order valence-electron chi connectivity index (χ3n) is 11.2. The highest BCUT2D eigenvalue weighted by Crippen LogP contribution is 2.47. The summed E-state index contributed by atoms with van der Waals surface area (Å²) in [6.45, 7) is 0. The van der Waals surface area contributed by atoms with Gasteiger partial charge in [0.1, 0.15) is 0 Å². The highest BCUT2D eigenvalue weighted by Gasteiger charge is 2.24. The minimum absolute atomic E-state index is 0.649. The van der Waals surface area contributed by atoms with Crippen LogP contribution in [0.15, 0.2) is 188 Å². The molecular weight excluding hydrogens is 715 g/mol. The van der Waals surface area contributed by atoms with Gasteiger partial charge < -0.3 is 9.13 Å². The molecule has 4 aromatic heterocycles. The molecule has 0 atom stereocenters. The van der Waals surface area contributed by atoms with Gasteiger partial charge in [0.15, 0.2) is 17.5 Å². The number of benzene rings is 8. The van der Waals surface area contributed by atoms with Crippen molar-refractivity contribution in [2.24, 2.45) is 0 Å². The number of hydrogen-bond donors (Lipinski definition) is 0. The number of para-hydroxylation sites is 3. The first-order valence-electron chi connectivity index (χ1n) is 19.1. The second-order valence-corrected chi connectivity index (χ2v) is 15.4. The first-order valence-corrected chi connectivity index (χ1v) is 19.9. The molecule has 12 aromatic rings. The Morgan fingerprint density at radius 2 is 0.930 bits per heavy atom. The number of thiophene rings is 1. The minimum atomic E-state index is 0.649. The Morgan fingerprint density at radius 3 is 1.63 bits per heavy atom. The van der Waals surface area contributed by atoms with E-state index in [0.717, 1.165) is 44.5 Å². The summed E-state index contributed by atoms with van der Waals surface area (Å²) >= 11 is 1.82. The van der Waals surface area contributed by atoms with Crippen LogP contribution in [-0.4, -0.2) is 24.1 Å². The van der Waals surface area contributed by atoms with Crippen LogP contribution in [0.1, 0.15) is 0 Å². The van der Waals surface area contributed by atoms with Crippen molar-refractivity contribution >= 4 is 75.1 Å². The van der Waals surface area contributed by atoms with Gasteiger partial charge in [-0.15, -0.1) is 11.3 Å². The summed E-state index contributed by atoms with van der Waals surface area (Å²) in [4.78, 5) is 15.4. The summed E-state index contributed by atoms with van der Waals surface area (Å²) in [7, 11) is 0. The van der Waals surface area contributed by atoms with E-state index in [4.69, 9.17) is 15.0 Å². The average molecular weight is 746 g/mol. The van der Waals surface area contributed by atoms with Gasteiger partial charge in [-0.1, -0.05) is 140 Å². The van der Waals surface area contributed by atoms with Gasteiger partial charge in [0.05, 0.1) is 32.5 Å². The molecule has 12 rings (SSSR count). The molecule has 4 heterocycles. The Hall–Kier alpha value is -7.41. The molecule has 0 fully saturated rings. The van der Waals surface area contributed by atoms with Crippen LogP contribution in [0.25, 0.3) is 109 Å². The van der Waals surface area contributed by atoms with E-state index in [2.05, 4.69) is 161 Å². The average Bonchev–Trinajstić information content (AvgIpc) is 3.95. The fourth-order valence-corrected chi connectivity index (χ4v) is 9.95. The fourth-order valence-electron chi connectivity index (χ4n) is 8.72. The Balaban J connectivity index is 1.18. The standard InChI is InChI=1S/C51H31N5S/c1-4-16-32(17-5-1)49-52-50(33-18-6-2-7-19-33)54-51(53-49)39-29-31-43(48-45(39)38-24-12-15-27-44(38)57-48)56-41-26-14-11-23-37(41)46-42(56)30-28-36-35-22-10-13-25-40(35)55(47(36)46)34-20-8-3-9-21-34/h1-31H. The smallest absolute Gasteiger partial charge is 0.164 e. The minimum Gasteiger partial charge on any atom is -0.309 e. The van der Waals surface area contributed by atoms with Gasteiger partial charge >= 0.3 is 0 Å². The molecule has 0 aliphatic carbocycles. The summed E-state index contributed by atoms with van der Waals surface area (Å²) < 4.78 is 7.31. The second kappa shape index (κ2) is 12.6. The fraction of sp³-hybridized carbons (Fsp3) is 0. The topological polar surface area (TPSA) is 48.5 Å². The number of nitrogens with zero attached hydrogens (tertiary/aromatic N) is 5. The lowest BCUT2D eigenvalue weighted by molar-refractivity contribution is 1.08. The molecule has 57 heavy (non-hydrogen) atoms. The van der Waals surface area contributed by atoms with Crippen LogP contribution >= 0.6 is 11.3 Å². The molecule has 0 amide bonds. The lowest BCUT2D eigenvalue weighted by Gasteiger charge is -2.13. The van der Waals surface area contributed by atoms with Gasteiger partial charge in [0, 0.05) is 59.4 Å². The third-order valence-corrected chi connectivity index (χ3v) is 12.4. The van der Waals surface area contributed by atoms with Gasteiger partial charge in [0.2, 0.25) is 0 Å². The first kappa shape index (κ1) is 31.9. The Labute approximate surface area is 331 Å². The number of rotatable bonds is 5. The van der Waals surface area contributed by atoms with Crippen LogP contribution in [-0.2, 0) is 0 Å². The quantitative estimate of drug-likeness (QED) is 0.176. The predicted octanol–water partition coefficient (Wildman–Crippen LogP) is 13.4. The Morgan fingerprint density at radius 1 is 0.368 bits per heavy atom. The zero-order valence-electron chi connectivity index (χ0n) is 30.5. The lowest BCUT2D eigenvalue weighted by Crippen LogP contribution is -2.01. The third kappa shape index (κ3) is 4.84. The van der Waals surface area contributed by atoms with Crippen LogP contribution in [0, 0.1) is 0 Å². The van der Waals surface area contributed by atoms with Crippen LogP contribution in [0.2, 0.25) is 0 Å². The summed E-state index contributed by atoms with van der Waals surface area (Å²) in [5, 5.41) is 7.26. The second-order valence-electron chi connectivity index (χ2n) is 14.4. The van der Waals surface area contributed by atoms with Crippen molar-refractivity contribution in [2.45, 2.75) is 0 Å². The molecule has 8 aromatic carbocycles. The van der Waals surface area contributed by atoms with Gasteiger partial charge in [0.25, 0.3) is 0 Å². The summed E-state index contributed by atoms with van der Waals surface area (Å²) in [5.41, 5.74) is 9.89. The van der Waals surface area contributed by atoms with E-state index in [9.17, 15) is 0 Å².